The summed E-state index contributed by atoms with van der Waals surface area (Å²) in [6, 6.07) is 5.11. The largest absolute Gasteiger partial charge is 0.372 e. The average Bonchev–Trinajstić information content (AvgIpc) is 3.20. The van der Waals surface area contributed by atoms with Gasteiger partial charge in [0.25, 0.3) is 0 Å². The van der Waals surface area contributed by atoms with Gasteiger partial charge in [0.1, 0.15) is 5.82 Å². The van der Waals surface area contributed by atoms with Crippen molar-refractivity contribution in [3.05, 3.63) is 23.4 Å². The molecule has 3 rings (SSSR count). The summed E-state index contributed by atoms with van der Waals surface area (Å²) in [5, 5.41) is 3.55. The molecule has 4 heteroatoms. The molecule has 2 heterocycles. The fourth-order valence-corrected chi connectivity index (χ4v) is 2.69. The van der Waals surface area contributed by atoms with E-state index in [9.17, 15) is 0 Å². The summed E-state index contributed by atoms with van der Waals surface area (Å²) < 4.78 is 5.76. The summed E-state index contributed by atoms with van der Waals surface area (Å²) in [5.74, 6) is 1.08. The van der Waals surface area contributed by atoms with E-state index in [1.807, 2.05) is 0 Å². The second-order valence-electron chi connectivity index (χ2n) is 6.60. The molecule has 1 aromatic heterocycles. The van der Waals surface area contributed by atoms with Crippen molar-refractivity contribution in [3.63, 3.8) is 0 Å². The minimum atomic E-state index is -0.0833. The van der Waals surface area contributed by atoms with Crippen LogP contribution in [0, 0.1) is 6.92 Å². The first-order valence-electron chi connectivity index (χ1n) is 7.62. The molecule has 1 N–H and O–H groups in total. The molecule has 2 fully saturated rings. The normalized spacial score (nSPS) is 22.1. The molecule has 1 saturated heterocycles. The molecule has 0 atom stereocenters. The maximum Gasteiger partial charge on any atom is 0.128 e. The Bertz CT molecular complexity index is 483. The number of hydrogen-bond donors (Lipinski definition) is 1. The zero-order valence-corrected chi connectivity index (χ0v) is 12.8. The third-order valence-electron chi connectivity index (χ3n) is 4.09. The number of morpholine rings is 1. The van der Waals surface area contributed by atoms with Gasteiger partial charge in [-0.05, 0) is 45.2 Å². The molecule has 0 amide bonds. The zero-order valence-electron chi connectivity index (χ0n) is 12.8. The number of hydrogen-bond acceptors (Lipinski definition) is 4. The number of nitrogens with one attached hydrogen (secondary N) is 1. The van der Waals surface area contributed by atoms with Gasteiger partial charge in [0.15, 0.2) is 0 Å². The third kappa shape index (κ3) is 3.30. The van der Waals surface area contributed by atoms with Gasteiger partial charge in [0.2, 0.25) is 0 Å². The molecule has 1 saturated carbocycles. The van der Waals surface area contributed by atoms with Crippen molar-refractivity contribution in [2.24, 2.45) is 0 Å². The van der Waals surface area contributed by atoms with Gasteiger partial charge in [-0.1, -0.05) is 6.07 Å². The highest BCUT2D eigenvalue weighted by molar-refractivity contribution is 5.42. The Kier molecular flexibility index (Phi) is 3.69. The molecule has 2 aliphatic rings. The van der Waals surface area contributed by atoms with Crippen LogP contribution < -0.4 is 10.2 Å². The van der Waals surface area contributed by atoms with Gasteiger partial charge >= 0.3 is 0 Å². The van der Waals surface area contributed by atoms with E-state index in [2.05, 4.69) is 43.1 Å². The van der Waals surface area contributed by atoms with Crippen molar-refractivity contribution >= 4 is 5.82 Å². The standard InChI is InChI=1S/C16H25N3O/c1-12-13(10-17-14-5-6-14)4-7-15(18-12)19-8-9-20-16(2,3)11-19/h4,7,14,17H,5-6,8-11H2,1-3H3. The maximum atomic E-state index is 5.76. The summed E-state index contributed by atoms with van der Waals surface area (Å²) in [5.41, 5.74) is 2.37. The summed E-state index contributed by atoms with van der Waals surface area (Å²) in [6.07, 6.45) is 2.65. The van der Waals surface area contributed by atoms with E-state index in [0.717, 1.165) is 43.8 Å². The lowest BCUT2D eigenvalue weighted by molar-refractivity contribution is -0.0279. The third-order valence-corrected chi connectivity index (χ3v) is 4.09. The molecule has 110 valence electrons. The van der Waals surface area contributed by atoms with Gasteiger partial charge in [0.05, 0.1) is 12.2 Å². The number of aryl methyl sites for hydroxylation is 1. The zero-order chi connectivity index (χ0) is 14.2. The topological polar surface area (TPSA) is 37.4 Å². The summed E-state index contributed by atoms with van der Waals surface area (Å²) in [6.45, 7) is 9.94. The molecule has 20 heavy (non-hydrogen) atoms. The lowest BCUT2D eigenvalue weighted by Crippen LogP contribution is -2.48. The van der Waals surface area contributed by atoms with E-state index in [0.29, 0.717) is 0 Å². The highest BCUT2D eigenvalue weighted by atomic mass is 16.5. The number of nitrogens with zero attached hydrogens (tertiary/aromatic N) is 2. The minimum absolute atomic E-state index is 0.0833. The van der Waals surface area contributed by atoms with Crippen molar-refractivity contribution in [1.82, 2.24) is 10.3 Å². The van der Waals surface area contributed by atoms with Gasteiger partial charge in [-0.3, -0.25) is 0 Å². The monoisotopic (exact) mass is 275 g/mol. The number of ether oxygens (including phenoxy) is 1. The molecular weight excluding hydrogens is 250 g/mol. The number of anilines is 1. The van der Waals surface area contributed by atoms with Gasteiger partial charge in [-0.25, -0.2) is 4.98 Å². The average molecular weight is 275 g/mol. The lowest BCUT2D eigenvalue weighted by Gasteiger charge is -2.39. The predicted octanol–water partition coefficient (Wildman–Crippen LogP) is 2.26. The Morgan fingerprint density at radius 1 is 1.40 bits per heavy atom. The molecule has 1 aromatic rings. The molecule has 0 aromatic carbocycles. The maximum absolute atomic E-state index is 5.76. The fourth-order valence-electron chi connectivity index (χ4n) is 2.69. The van der Waals surface area contributed by atoms with E-state index < -0.39 is 0 Å². The SMILES string of the molecule is Cc1nc(N2CCOC(C)(C)C2)ccc1CNC1CC1. The van der Waals surface area contributed by atoms with Crippen LogP contribution in [0.15, 0.2) is 12.1 Å². The first-order chi connectivity index (χ1) is 9.53. The first kappa shape index (κ1) is 13.8. The van der Waals surface area contributed by atoms with Crippen LogP contribution in [0.1, 0.15) is 37.9 Å². The van der Waals surface area contributed by atoms with Crippen LogP contribution in [0.4, 0.5) is 5.82 Å². The molecule has 0 unspecified atom stereocenters. The van der Waals surface area contributed by atoms with E-state index >= 15 is 0 Å². The molecular formula is C16H25N3O. The second-order valence-corrected chi connectivity index (χ2v) is 6.60. The molecule has 0 radical (unpaired) electrons. The van der Waals surface area contributed by atoms with Crippen molar-refractivity contribution in [2.45, 2.75) is 51.8 Å². The Morgan fingerprint density at radius 2 is 2.20 bits per heavy atom. The van der Waals surface area contributed by atoms with Crippen LogP contribution in [0.25, 0.3) is 0 Å². The minimum Gasteiger partial charge on any atom is -0.372 e. The Balaban J connectivity index is 1.68. The van der Waals surface area contributed by atoms with Gasteiger partial charge in [0, 0.05) is 31.4 Å². The van der Waals surface area contributed by atoms with E-state index in [-0.39, 0.29) is 5.60 Å². The lowest BCUT2D eigenvalue weighted by atomic mass is 10.1. The number of aromatic nitrogens is 1. The van der Waals surface area contributed by atoms with Crippen LogP contribution in [-0.2, 0) is 11.3 Å². The van der Waals surface area contributed by atoms with Crippen molar-refractivity contribution < 1.29 is 4.74 Å². The Labute approximate surface area is 121 Å². The second kappa shape index (κ2) is 5.34. The van der Waals surface area contributed by atoms with Crippen molar-refractivity contribution in [2.75, 3.05) is 24.6 Å². The summed E-state index contributed by atoms with van der Waals surface area (Å²) in [4.78, 5) is 7.12. The van der Waals surface area contributed by atoms with Crippen molar-refractivity contribution in [1.29, 1.82) is 0 Å². The van der Waals surface area contributed by atoms with Crippen LogP contribution >= 0.6 is 0 Å². The summed E-state index contributed by atoms with van der Waals surface area (Å²) in [7, 11) is 0. The predicted molar refractivity (Wildman–Crippen MR) is 81.1 cm³/mol. The highest BCUT2D eigenvalue weighted by Crippen LogP contribution is 2.23. The van der Waals surface area contributed by atoms with Crippen LogP contribution in [0.3, 0.4) is 0 Å². The van der Waals surface area contributed by atoms with Crippen LogP contribution in [-0.4, -0.2) is 36.3 Å². The fraction of sp³-hybridized carbons (Fsp3) is 0.688. The van der Waals surface area contributed by atoms with E-state index in [1.54, 1.807) is 0 Å². The van der Waals surface area contributed by atoms with Crippen molar-refractivity contribution in [3.8, 4) is 0 Å². The smallest absolute Gasteiger partial charge is 0.128 e. The molecule has 0 spiro atoms. The Morgan fingerprint density at radius 3 is 2.85 bits per heavy atom. The van der Waals surface area contributed by atoms with E-state index in [1.165, 1.54) is 18.4 Å². The number of pyridine rings is 1. The van der Waals surface area contributed by atoms with E-state index in [4.69, 9.17) is 9.72 Å². The van der Waals surface area contributed by atoms with Gasteiger partial charge in [-0.15, -0.1) is 0 Å². The molecule has 1 aliphatic heterocycles. The summed E-state index contributed by atoms with van der Waals surface area (Å²) >= 11 is 0. The number of rotatable bonds is 4. The molecule has 4 nitrogen and oxygen atoms in total. The highest BCUT2D eigenvalue weighted by Gasteiger charge is 2.28. The molecule has 0 bridgehead atoms. The first-order valence-corrected chi connectivity index (χ1v) is 7.62. The van der Waals surface area contributed by atoms with Gasteiger partial charge in [-0.2, -0.15) is 0 Å². The van der Waals surface area contributed by atoms with Crippen LogP contribution in [0.2, 0.25) is 0 Å². The van der Waals surface area contributed by atoms with Gasteiger partial charge < -0.3 is 15.0 Å². The Hall–Kier alpha value is -1.13. The van der Waals surface area contributed by atoms with Crippen LogP contribution in [0.5, 0.6) is 0 Å². The molecule has 1 aliphatic carbocycles. The quantitative estimate of drug-likeness (QED) is 0.914.